The van der Waals surface area contributed by atoms with Crippen LogP contribution in [-0.2, 0) is 7.05 Å². The molecule has 0 radical (unpaired) electrons. The molecule has 0 amide bonds. The number of thiophene rings is 4. The van der Waals surface area contributed by atoms with Crippen LogP contribution in [0.2, 0.25) is 0 Å². The van der Waals surface area contributed by atoms with Crippen molar-refractivity contribution in [3.8, 4) is 37.7 Å². The van der Waals surface area contributed by atoms with Crippen LogP contribution in [0.5, 0.6) is 0 Å². The van der Waals surface area contributed by atoms with E-state index in [-0.39, 0.29) is 23.4 Å². The van der Waals surface area contributed by atoms with Gasteiger partial charge in [-0.3, -0.25) is 0 Å². The maximum absolute atomic E-state index is 9.07. The number of fused-ring (bicyclic) bond motifs is 7. The van der Waals surface area contributed by atoms with Crippen molar-refractivity contribution in [3.05, 3.63) is 86.5 Å². The second kappa shape index (κ2) is 10.7. The van der Waals surface area contributed by atoms with Crippen molar-refractivity contribution in [2.45, 2.75) is 12.8 Å². The highest BCUT2D eigenvalue weighted by Crippen LogP contribution is 2.55. The Bertz CT molecular complexity index is 2550. The van der Waals surface area contributed by atoms with Gasteiger partial charge in [0, 0.05) is 59.8 Å². The summed E-state index contributed by atoms with van der Waals surface area (Å²) in [6.07, 6.45) is 9.79. The minimum atomic E-state index is -0.153. The van der Waals surface area contributed by atoms with Crippen LogP contribution in [0.1, 0.15) is 23.3 Å². The Morgan fingerprint density at radius 2 is 1.52 bits per heavy atom. The smallest absolute Gasteiger partial charge is 0.350 e. The number of amidine groups is 1. The molecule has 3 aliphatic rings. The monoisotopic (exact) mass is 665 g/mol. The van der Waals surface area contributed by atoms with Gasteiger partial charge in [-0.2, -0.15) is 10.5 Å². The van der Waals surface area contributed by atoms with Crippen LogP contribution >= 0.6 is 45.3 Å². The maximum atomic E-state index is 9.07. The Labute approximate surface area is 279 Å². The molecule has 5 aromatic rings. The second-order valence-electron chi connectivity index (χ2n) is 11.1. The van der Waals surface area contributed by atoms with Gasteiger partial charge in [0.25, 0.3) is 0 Å². The average molecular weight is 666 g/mol. The highest BCUT2D eigenvalue weighted by molar-refractivity contribution is 7.27. The topological polar surface area (TPSA) is 105 Å². The average Bonchev–Trinajstić information content (AvgIpc) is 3.92. The molecule has 0 N–H and O–H groups in total. The quantitative estimate of drug-likeness (QED) is 0.110. The summed E-state index contributed by atoms with van der Waals surface area (Å²) in [4.78, 5) is 17.3. The fourth-order valence-corrected chi connectivity index (χ4v) is 10.9. The Balaban J connectivity index is 1.14. The molecule has 46 heavy (non-hydrogen) atoms. The zero-order valence-electron chi connectivity index (χ0n) is 24.3. The number of allylic oxidation sites excluding steroid dienone is 4. The summed E-state index contributed by atoms with van der Waals surface area (Å²) in [5.74, 6) is 0.697. The predicted octanol–water partition coefficient (Wildman–Crippen LogP) is 8.30. The third kappa shape index (κ3) is 4.37. The largest absolute Gasteiger partial charge is 0.351 e. The Hall–Kier alpha value is -5.14. The zero-order valence-corrected chi connectivity index (χ0v) is 27.5. The lowest BCUT2D eigenvalue weighted by molar-refractivity contribution is 0.705. The third-order valence-electron chi connectivity index (χ3n) is 8.62. The first-order valence-electron chi connectivity index (χ1n) is 14.2. The highest BCUT2D eigenvalue weighted by Gasteiger charge is 2.36. The van der Waals surface area contributed by atoms with Crippen molar-refractivity contribution in [1.82, 2.24) is 4.57 Å². The van der Waals surface area contributed by atoms with Crippen molar-refractivity contribution in [3.63, 3.8) is 0 Å². The molecule has 0 spiro atoms. The van der Waals surface area contributed by atoms with Crippen LogP contribution in [0.3, 0.4) is 0 Å². The molecular formula is C35H19N7S4. The first-order valence-corrected chi connectivity index (χ1v) is 17.5. The summed E-state index contributed by atoms with van der Waals surface area (Å²) >= 11 is 6.57. The van der Waals surface area contributed by atoms with Crippen LogP contribution in [0.25, 0.3) is 52.3 Å². The summed E-state index contributed by atoms with van der Waals surface area (Å²) in [6, 6.07) is 17.8. The zero-order chi connectivity index (χ0) is 31.7. The van der Waals surface area contributed by atoms with Crippen LogP contribution in [0, 0.1) is 52.4 Å². The van der Waals surface area contributed by atoms with Crippen molar-refractivity contribution in [2.24, 2.45) is 28.9 Å². The molecule has 8 rings (SSSR count). The first-order chi connectivity index (χ1) is 22.4. The lowest BCUT2D eigenvalue weighted by Crippen LogP contribution is -2.35. The van der Waals surface area contributed by atoms with E-state index in [9.17, 15) is 0 Å². The molecule has 0 saturated carbocycles. The Morgan fingerprint density at radius 3 is 2.22 bits per heavy atom. The maximum Gasteiger partial charge on any atom is 0.350 e. The molecule has 3 aliphatic carbocycles. The molecule has 11 heteroatoms. The van der Waals surface area contributed by atoms with Gasteiger partial charge in [-0.15, -0.1) is 34.0 Å². The van der Waals surface area contributed by atoms with Gasteiger partial charge in [0.2, 0.25) is 10.7 Å². The second-order valence-corrected chi connectivity index (χ2v) is 15.3. The van der Waals surface area contributed by atoms with Crippen molar-refractivity contribution >= 4 is 94.8 Å². The van der Waals surface area contributed by atoms with E-state index >= 15 is 0 Å². The van der Waals surface area contributed by atoms with Gasteiger partial charge in [-0.1, -0.05) is 54.1 Å². The summed E-state index contributed by atoms with van der Waals surface area (Å²) in [6.45, 7) is 9.39. The first kappa shape index (κ1) is 28.3. The van der Waals surface area contributed by atoms with Crippen LogP contribution in [0.4, 0.5) is 10.0 Å². The Morgan fingerprint density at radius 1 is 0.826 bits per heavy atom. The molecule has 3 atom stereocenters. The number of nitrogens with zero attached hydrogens (tertiary/aromatic N) is 7. The lowest BCUT2D eigenvalue weighted by atomic mass is 9.79. The fraction of sp³-hybridized carbons (Fsp3) is 0.143. The van der Waals surface area contributed by atoms with Crippen molar-refractivity contribution in [2.75, 3.05) is 0 Å². The van der Waals surface area contributed by atoms with Crippen molar-refractivity contribution in [1.29, 1.82) is 15.8 Å². The SMILES string of the molecule is [C-]#[N+]C(C#N)=Nc1ccc(-c2cc3c(s2)c2c(n3C)=CC3C=C4C(=CC3C=2)C(C)c2cc(-c3ccc(N=C(C#N)C#N)s3)sc24)s1. The summed E-state index contributed by atoms with van der Waals surface area (Å²) in [7, 11) is 2.13. The minimum absolute atomic E-state index is 0.133. The molecule has 218 valence electrons. The number of rotatable bonds is 4. The van der Waals surface area contributed by atoms with Crippen LogP contribution in [0.15, 0.2) is 64.1 Å². The summed E-state index contributed by atoms with van der Waals surface area (Å²) < 4.78 is 3.56. The van der Waals surface area contributed by atoms with E-state index in [1.54, 1.807) is 22.7 Å². The van der Waals surface area contributed by atoms with Gasteiger partial charge in [0.05, 0.1) is 10.2 Å². The van der Waals surface area contributed by atoms with Crippen LogP contribution < -0.4 is 10.6 Å². The fourth-order valence-electron chi connectivity index (χ4n) is 6.45. The van der Waals surface area contributed by atoms with E-state index in [1.165, 1.54) is 69.9 Å². The van der Waals surface area contributed by atoms with E-state index in [1.807, 2.05) is 42.5 Å². The van der Waals surface area contributed by atoms with Crippen LogP contribution in [-0.4, -0.2) is 16.1 Å². The van der Waals surface area contributed by atoms with Gasteiger partial charge in [0.1, 0.15) is 23.2 Å². The summed E-state index contributed by atoms with van der Waals surface area (Å²) in [5.41, 5.74) is 5.15. The molecule has 7 nitrogen and oxygen atoms in total. The normalized spacial score (nSPS) is 19.1. The number of aromatic nitrogens is 1. The molecule has 3 unspecified atom stereocenters. The summed E-state index contributed by atoms with van der Waals surface area (Å²) in [5, 5.41) is 31.1. The standard InChI is InChI=1S/C35H19N7S4/c1-17-21-8-18-10-24-25(42(3)26-13-30(46-35(24)26)28-5-7-33(44-28)41-31(16-38)39-2)11-19(18)9-23(21)34-22(17)12-29(45-34)27-4-6-32(43-27)40-20(14-36)15-37/h4-13,17-19H,1,3H3. The number of hydrogen-bond acceptors (Lipinski definition) is 9. The lowest BCUT2D eigenvalue weighted by Gasteiger charge is -2.26. The van der Waals surface area contributed by atoms with E-state index < -0.39 is 0 Å². The molecule has 0 saturated heterocycles. The van der Waals surface area contributed by atoms with Crippen molar-refractivity contribution < 1.29 is 0 Å². The minimum Gasteiger partial charge on any atom is -0.351 e. The molecule has 5 heterocycles. The molecule has 0 bridgehead atoms. The van der Waals surface area contributed by atoms with Gasteiger partial charge in [-0.25, -0.2) is 10.3 Å². The third-order valence-corrected chi connectivity index (χ3v) is 13.3. The molecular weight excluding hydrogens is 647 g/mol. The molecule has 5 aromatic heterocycles. The molecule has 0 aromatic carbocycles. The van der Waals surface area contributed by atoms with E-state index in [4.69, 9.17) is 22.4 Å². The van der Waals surface area contributed by atoms with Gasteiger partial charge in [-0.05, 0) is 53.1 Å². The van der Waals surface area contributed by atoms with Gasteiger partial charge in [0.15, 0.2) is 0 Å². The predicted molar refractivity (Wildman–Crippen MR) is 189 cm³/mol. The number of hydrogen-bond donors (Lipinski definition) is 0. The van der Waals surface area contributed by atoms with Gasteiger partial charge >= 0.3 is 5.84 Å². The van der Waals surface area contributed by atoms with E-state index in [0.717, 1.165) is 14.6 Å². The number of aliphatic imine (C=N–C) groups is 2. The Kier molecular flexibility index (Phi) is 6.62. The van der Waals surface area contributed by atoms with E-state index in [0.29, 0.717) is 15.9 Å². The highest BCUT2D eigenvalue weighted by atomic mass is 32.1. The molecule has 0 fully saturated rings. The van der Waals surface area contributed by atoms with E-state index in [2.05, 4.69) is 69.8 Å². The van der Waals surface area contributed by atoms with Gasteiger partial charge < -0.3 is 9.41 Å². The number of aryl methyl sites for hydroxylation is 1. The molecule has 0 aliphatic heterocycles. The number of nitriles is 3.